The number of hydrogen-bond donors (Lipinski definition) is 1. The van der Waals surface area contributed by atoms with Crippen LogP contribution in [0.3, 0.4) is 0 Å². The van der Waals surface area contributed by atoms with Gasteiger partial charge in [-0.1, -0.05) is 30.3 Å². The maximum Gasteiger partial charge on any atom is 0.305 e. The van der Waals surface area contributed by atoms with Gasteiger partial charge in [0.05, 0.1) is 19.8 Å². The number of unbranched alkanes of at least 4 members (excludes halogenated alkanes) is 1. The summed E-state index contributed by atoms with van der Waals surface area (Å²) < 4.78 is 10.4. The predicted octanol–water partition coefficient (Wildman–Crippen LogP) is 4.65. The first-order valence-electron chi connectivity index (χ1n) is 12.8. The Morgan fingerprint density at radius 3 is 2.42 bits per heavy atom. The molecule has 0 bridgehead atoms. The van der Waals surface area contributed by atoms with Gasteiger partial charge in [-0.05, 0) is 55.2 Å². The molecule has 0 spiro atoms. The molecule has 7 nitrogen and oxygen atoms in total. The fraction of sp³-hybridized carbons (Fsp3) is 0.448. The van der Waals surface area contributed by atoms with Gasteiger partial charge in [0.2, 0.25) is 5.91 Å². The first-order valence-corrected chi connectivity index (χ1v) is 12.8. The summed E-state index contributed by atoms with van der Waals surface area (Å²) in [6.45, 7) is 10.9. The van der Waals surface area contributed by atoms with Gasteiger partial charge in [-0.15, -0.1) is 6.58 Å². The lowest BCUT2D eigenvalue weighted by atomic mass is 9.95. The second-order valence-electron chi connectivity index (χ2n) is 8.99. The van der Waals surface area contributed by atoms with Crippen molar-refractivity contribution in [2.45, 2.75) is 38.6 Å². The van der Waals surface area contributed by atoms with Crippen LogP contribution < -0.4 is 10.1 Å². The molecule has 36 heavy (non-hydrogen) atoms. The molecule has 7 heteroatoms. The van der Waals surface area contributed by atoms with Gasteiger partial charge in [-0.25, -0.2) is 0 Å². The Labute approximate surface area is 215 Å². The van der Waals surface area contributed by atoms with E-state index in [4.69, 9.17) is 9.47 Å². The van der Waals surface area contributed by atoms with Gasteiger partial charge in [0.15, 0.2) is 0 Å². The van der Waals surface area contributed by atoms with Gasteiger partial charge in [0.1, 0.15) is 5.75 Å². The molecular formula is C29H39N3O4. The number of amides is 1. The van der Waals surface area contributed by atoms with E-state index in [0.29, 0.717) is 32.3 Å². The van der Waals surface area contributed by atoms with Gasteiger partial charge in [-0.2, -0.15) is 0 Å². The molecule has 2 aromatic carbocycles. The van der Waals surface area contributed by atoms with Crippen LogP contribution in [0.25, 0.3) is 0 Å². The van der Waals surface area contributed by atoms with E-state index in [0.717, 1.165) is 44.2 Å². The van der Waals surface area contributed by atoms with Crippen molar-refractivity contribution in [3.05, 3.63) is 72.3 Å². The molecule has 1 fully saturated rings. The summed E-state index contributed by atoms with van der Waals surface area (Å²) in [7, 11) is 1.69. The van der Waals surface area contributed by atoms with Crippen LogP contribution in [0.4, 0.5) is 5.69 Å². The Balaban J connectivity index is 1.65. The Bertz CT molecular complexity index is 984. The number of methoxy groups -OCH3 is 1. The summed E-state index contributed by atoms with van der Waals surface area (Å²) in [5, 5.41) is 2.97. The summed E-state index contributed by atoms with van der Waals surface area (Å²) in [5.74, 6) is 0.588. The highest BCUT2D eigenvalue weighted by Gasteiger charge is 2.26. The molecule has 0 aliphatic carbocycles. The molecule has 2 aromatic rings. The second-order valence-corrected chi connectivity index (χ2v) is 8.99. The Hall–Kier alpha value is -3.16. The Morgan fingerprint density at radius 2 is 1.75 bits per heavy atom. The van der Waals surface area contributed by atoms with Crippen molar-refractivity contribution in [3.8, 4) is 5.75 Å². The summed E-state index contributed by atoms with van der Waals surface area (Å²) in [6.07, 6.45) is 3.99. The molecule has 1 saturated heterocycles. The van der Waals surface area contributed by atoms with Gasteiger partial charge in [0, 0.05) is 51.3 Å². The Kier molecular flexibility index (Phi) is 11.0. The van der Waals surface area contributed by atoms with E-state index in [1.807, 2.05) is 30.3 Å². The molecule has 3 rings (SSSR count). The van der Waals surface area contributed by atoms with Crippen molar-refractivity contribution in [3.63, 3.8) is 0 Å². The molecule has 0 aromatic heterocycles. The smallest absolute Gasteiger partial charge is 0.305 e. The minimum atomic E-state index is -0.207. The molecule has 194 valence electrons. The third kappa shape index (κ3) is 8.21. The van der Waals surface area contributed by atoms with Crippen LogP contribution in [-0.2, 0) is 14.3 Å². The van der Waals surface area contributed by atoms with Gasteiger partial charge in [0.25, 0.3) is 0 Å². The molecule has 1 atom stereocenters. The summed E-state index contributed by atoms with van der Waals surface area (Å²) in [4.78, 5) is 28.7. The van der Waals surface area contributed by atoms with E-state index in [-0.39, 0.29) is 17.9 Å². The zero-order valence-corrected chi connectivity index (χ0v) is 21.6. The number of ether oxygens (including phenoxy) is 2. The zero-order valence-electron chi connectivity index (χ0n) is 21.6. The maximum absolute atomic E-state index is 12.4. The summed E-state index contributed by atoms with van der Waals surface area (Å²) in [6, 6.07) is 16.5. The molecule has 1 aliphatic heterocycles. The fourth-order valence-corrected chi connectivity index (χ4v) is 4.57. The molecule has 1 unspecified atom stereocenters. The van der Waals surface area contributed by atoms with E-state index in [1.54, 1.807) is 14.0 Å². The number of benzene rings is 2. The van der Waals surface area contributed by atoms with E-state index in [1.165, 1.54) is 11.1 Å². The number of rotatable bonds is 13. The van der Waals surface area contributed by atoms with Crippen LogP contribution >= 0.6 is 0 Å². The van der Waals surface area contributed by atoms with Crippen molar-refractivity contribution >= 4 is 17.6 Å². The van der Waals surface area contributed by atoms with Crippen molar-refractivity contribution < 1.29 is 19.1 Å². The van der Waals surface area contributed by atoms with Crippen LogP contribution in [-0.4, -0.2) is 68.1 Å². The molecule has 0 saturated carbocycles. The maximum atomic E-state index is 12.4. The molecule has 1 amide bonds. The average molecular weight is 494 g/mol. The van der Waals surface area contributed by atoms with Crippen molar-refractivity contribution in [1.82, 2.24) is 9.80 Å². The highest BCUT2D eigenvalue weighted by atomic mass is 16.5. The minimum absolute atomic E-state index is 0.0469. The number of carbonyl (C=O) groups excluding carboxylic acids is 2. The Morgan fingerprint density at radius 1 is 1.03 bits per heavy atom. The number of hydrogen-bond acceptors (Lipinski definition) is 6. The molecular weight excluding hydrogens is 454 g/mol. The quantitative estimate of drug-likeness (QED) is 0.249. The average Bonchev–Trinajstić information content (AvgIpc) is 2.89. The van der Waals surface area contributed by atoms with Crippen LogP contribution in [0.15, 0.2) is 61.2 Å². The van der Waals surface area contributed by atoms with Crippen molar-refractivity contribution in [2.75, 3.05) is 51.8 Å². The van der Waals surface area contributed by atoms with Gasteiger partial charge in [-0.3, -0.25) is 19.4 Å². The highest BCUT2D eigenvalue weighted by molar-refractivity contribution is 5.90. The predicted molar refractivity (Wildman–Crippen MR) is 143 cm³/mol. The molecule has 1 heterocycles. The number of piperazine rings is 1. The fourth-order valence-electron chi connectivity index (χ4n) is 4.57. The highest BCUT2D eigenvalue weighted by Crippen LogP contribution is 2.32. The van der Waals surface area contributed by atoms with Crippen LogP contribution in [0, 0.1) is 0 Å². The first-order chi connectivity index (χ1) is 17.5. The van der Waals surface area contributed by atoms with Crippen molar-refractivity contribution in [1.29, 1.82) is 0 Å². The molecule has 1 N–H and O–H groups in total. The largest absolute Gasteiger partial charge is 0.497 e. The number of carbonyl (C=O) groups is 2. The number of esters is 1. The third-order valence-corrected chi connectivity index (χ3v) is 6.42. The van der Waals surface area contributed by atoms with Crippen LogP contribution in [0.1, 0.15) is 49.8 Å². The van der Waals surface area contributed by atoms with Crippen LogP contribution in [0.2, 0.25) is 0 Å². The summed E-state index contributed by atoms with van der Waals surface area (Å²) >= 11 is 0. The lowest BCUT2D eigenvalue weighted by molar-refractivity contribution is -0.143. The third-order valence-electron chi connectivity index (χ3n) is 6.42. The SMILES string of the molecule is C=CCN1CCN(C(c2ccc(NC(=O)CCCCC(=O)OCC)cc2)c2cccc(OC)c2)CC1. The number of nitrogens with one attached hydrogen (secondary N) is 1. The molecule has 1 aliphatic rings. The second kappa shape index (κ2) is 14.4. The minimum Gasteiger partial charge on any atom is -0.497 e. The van der Waals surface area contributed by atoms with E-state index < -0.39 is 0 Å². The van der Waals surface area contributed by atoms with Crippen molar-refractivity contribution in [2.24, 2.45) is 0 Å². The first kappa shape index (κ1) is 27.4. The number of anilines is 1. The monoisotopic (exact) mass is 493 g/mol. The van der Waals surface area contributed by atoms with E-state index >= 15 is 0 Å². The molecule has 0 radical (unpaired) electrons. The van der Waals surface area contributed by atoms with E-state index in [2.05, 4.69) is 46.0 Å². The zero-order chi connectivity index (χ0) is 25.8. The standard InChI is InChI=1S/C29H39N3O4/c1-4-17-31-18-20-32(21-19-31)29(24-9-8-10-26(22-24)35-3)23-13-15-25(16-14-23)30-27(33)11-6-7-12-28(34)36-5-2/h4,8-10,13-16,22,29H,1,5-7,11-12,17-21H2,2-3H3,(H,30,33). The normalized spacial score (nSPS) is 15.2. The van der Waals surface area contributed by atoms with Gasteiger partial charge < -0.3 is 14.8 Å². The van der Waals surface area contributed by atoms with E-state index in [9.17, 15) is 9.59 Å². The summed E-state index contributed by atoms with van der Waals surface area (Å²) in [5.41, 5.74) is 3.13. The van der Waals surface area contributed by atoms with Crippen LogP contribution in [0.5, 0.6) is 5.75 Å². The lowest BCUT2D eigenvalue weighted by Gasteiger charge is -2.39. The lowest BCUT2D eigenvalue weighted by Crippen LogP contribution is -2.47. The van der Waals surface area contributed by atoms with Gasteiger partial charge >= 0.3 is 5.97 Å². The number of nitrogens with zero attached hydrogens (tertiary/aromatic N) is 2. The topological polar surface area (TPSA) is 71.1 Å².